The number of hydrogen-bond acceptors (Lipinski definition) is 6. The third-order valence-corrected chi connectivity index (χ3v) is 6.42. The summed E-state index contributed by atoms with van der Waals surface area (Å²) in [5.74, 6) is 1.45. The van der Waals surface area contributed by atoms with E-state index in [0.29, 0.717) is 40.8 Å². The number of imidazole rings is 1. The van der Waals surface area contributed by atoms with Crippen LogP contribution in [0.15, 0.2) is 36.5 Å². The molecule has 2 aliphatic rings. The van der Waals surface area contributed by atoms with Crippen molar-refractivity contribution >= 4 is 34.2 Å². The number of anilines is 2. The van der Waals surface area contributed by atoms with Crippen molar-refractivity contribution in [1.29, 1.82) is 0 Å². The first kappa shape index (κ1) is 20.3. The lowest BCUT2D eigenvalue weighted by atomic mass is 9.86. The Morgan fingerprint density at radius 1 is 1.21 bits per heavy atom. The number of benzene rings is 2. The summed E-state index contributed by atoms with van der Waals surface area (Å²) in [6, 6.07) is 8.94. The summed E-state index contributed by atoms with van der Waals surface area (Å²) < 4.78 is 10.7. The molecule has 0 saturated heterocycles. The minimum absolute atomic E-state index is 0.0833. The number of carbonyl (C=O) groups excluding carboxylic acids is 2. The van der Waals surface area contributed by atoms with Crippen molar-refractivity contribution in [2.24, 2.45) is 0 Å². The van der Waals surface area contributed by atoms with Gasteiger partial charge in [0.25, 0.3) is 5.91 Å². The number of aromatic nitrogens is 4. The van der Waals surface area contributed by atoms with Crippen LogP contribution in [0.3, 0.4) is 0 Å². The molecule has 34 heavy (non-hydrogen) atoms. The van der Waals surface area contributed by atoms with Gasteiger partial charge in [-0.1, -0.05) is 0 Å². The largest absolute Gasteiger partial charge is 0.454 e. The van der Waals surface area contributed by atoms with Gasteiger partial charge in [0.05, 0.1) is 34.0 Å². The maximum Gasteiger partial charge on any atom is 0.255 e. The third kappa shape index (κ3) is 2.88. The molecule has 4 aromatic rings. The molecule has 0 aliphatic carbocycles. The fourth-order valence-corrected chi connectivity index (χ4v) is 4.56. The van der Waals surface area contributed by atoms with E-state index in [9.17, 15) is 9.59 Å². The van der Waals surface area contributed by atoms with Gasteiger partial charge in [-0.25, -0.2) is 4.98 Å². The number of nitrogens with zero attached hydrogens (tertiary/aromatic N) is 3. The fraction of sp³-hybridized carbons (Fsp3) is 0.250. The van der Waals surface area contributed by atoms with E-state index in [-0.39, 0.29) is 18.6 Å². The van der Waals surface area contributed by atoms with Crippen molar-refractivity contribution in [3.8, 4) is 23.0 Å². The maximum absolute atomic E-state index is 12.9. The number of carbonyl (C=O) groups is 2. The number of rotatable bonds is 4. The van der Waals surface area contributed by atoms with E-state index >= 15 is 0 Å². The second-order valence-electron chi connectivity index (χ2n) is 8.83. The van der Waals surface area contributed by atoms with Crippen LogP contribution in [0.1, 0.15) is 36.7 Å². The number of hydrogen-bond donors (Lipinski definition) is 3. The number of nitrogens with one attached hydrogen (secondary N) is 3. The van der Waals surface area contributed by atoms with Crippen LogP contribution in [-0.4, -0.2) is 45.3 Å². The van der Waals surface area contributed by atoms with Crippen molar-refractivity contribution in [3.63, 3.8) is 0 Å². The van der Waals surface area contributed by atoms with Gasteiger partial charge in [0.1, 0.15) is 5.69 Å². The summed E-state index contributed by atoms with van der Waals surface area (Å²) in [5.41, 5.74) is 4.22. The number of H-pyrrole nitrogens is 2. The molecule has 172 valence electrons. The SMILES string of the molecule is CCN1C(=O)C(C)(C)c2cc3[nH]c(-c4[nH]ncc4NC(=O)c4ccc5c(c4)OCO5)nc3cc21. The fourth-order valence-electron chi connectivity index (χ4n) is 4.56. The highest BCUT2D eigenvalue weighted by Crippen LogP contribution is 2.43. The minimum atomic E-state index is -0.609. The number of aromatic amines is 2. The summed E-state index contributed by atoms with van der Waals surface area (Å²) in [4.78, 5) is 35.5. The number of fused-ring (bicyclic) bond motifs is 3. The molecule has 6 rings (SSSR count). The summed E-state index contributed by atoms with van der Waals surface area (Å²) >= 11 is 0. The lowest BCUT2D eigenvalue weighted by Crippen LogP contribution is -2.35. The second-order valence-corrected chi connectivity index (χ2v) is 8.83. The summed E-state index contributed by atoms with van der Waals surface area (Å²) in [5, 5.41) is 9.89. The summed E-state index contributed by atoms with van der Waals surface area (Å²) in [6.07, 6.45) is 1.54. The molecule has 0 saturated carbocycles. The molecule has 0 radical (unpaired) electrons. The Labute approximate surface area is 194 Å². The van der Waals surface area contributed by atoms with Gasteiger partial charge in [0.2, 0.25) is 12.7 Å². The lowest BCUT2D eigenvalue weighted by Gasteiger charge is -2.18. The monoisotopic (exact) mass is 458 g/mol. The Morgan fingerprint density at radius 3 is 2.85 bits per heavy atom. The van der Waals surface area contributed by atoms with E-state index in [1.807, 2.05) is 32.9 Å². The van der Waals surface area contributed by atoms with E-state index in [1.165, 1.54) is 6.20 Å². The van der Waals surface area contributed by atoms with Gasteiger partial charge in [-0.05, 0) is 56.7 Å². The molecule has 2 aromatic carbocycles. The van der Waals surface area contributed by atoms with E-state index in [1.54, 1.807) is 23.1 Å². The first-order valence-corrected chi connectivity index (χ1v) is 11.0. The Balaban J connectivity index is 1.33. The number of ether oxygens (including phenoxy) is 2. The van der Waals surface area contributed by atoms with Crippen molar-refractivity contribution in [2.45, 2.75) is 26.2 Å². The summed E-state index contributed by atoms with van der Waals surface area (Å²) in [6.45, 7) is 6.57. The molecule has 10 heteroatoms. The van der Waals surface area contributed by atoms with Gasteiger partial charge in [-0.2, -0.15) is 5.10 Å². The van der Waals surface area contributed by atoms with Crippen LogP contribution < -0.4 is 19.7 Å². The van der Waals surface area contributed by atoms with Crippen LogP contribution in [0.4, 0.5) is 11.4 Å². The van der Waals surface area contributed by atoms with Crippen molar-refractivity contribution < 1.29 is 19.1 Å². The molecule has 2 aromatic heterocycles. The van der Waals surface area contributed by atoms with Crippen LogP contribution in [0.25, 0.3) is 22.6 Å². The van der Waals surface area contributed by atoms with Gasteiger partial charge >= 0.3 is 0 Å². The van der Waals surface area contributed by atoms with Gasteiger partial charge in [-0.3, -0.25) is 14.7 Å². The zero-order valence-corrected chi connectivity index (χ0v) is 18.9. The second kappa shape index (κ2) is 7.08. The highest BCUT2D eigenvalue weighted by molar-refractivity contribution is 6.10. The molecule has 0 bridgehead atoms. The molecular weight excluding hydrogens is 436 g/mol. The predicted molar refractivity (Wildman–Crippen MR) is 125 cm³/mol. The van der Waals surface area contributed by atoms with Crippen LogP contribution in [0, 0.1) is 0 Å². The van der Waals surface area contributed by atoms with E-state index in [4.69, 9.17) is 14.5 Å². The van der Waals surface area contributed by atoms with Gasteiger partial charge in [-0.15, -0.1) is 0 Å². The predicted octanol–water partition coefficient (Wildman–Crippen LogP) is 3.58. The Hall–Kier alpha value is -4.34. The molecule has 0 spiro atoms. The number of amides is 2. The molecular formula is C24H22N6O4. The molecule has 4 heterocycles. The average Bonchev–Trinajstić information content (AvgIpc) is 3.58. The van der Waals surface area contributed by atoms with Crippen LogP contribution in [0.2, 0.25) is 0 Å². The van der Waals surface area contributed by atoms with E-state index in [2.05, 4.69) is 20.5 Å². The topological polar surface area (TPSA) is 125 Å². The van der Waals surface area contributed by atoms with Crippen LogP contribution >= 0.6 is 0 Å². The standard InChI is InChI=1S/C24H22N6O4/c1-4-30-17-9-15-14(8-13(17)24(2,3)23(30)32)26-21(27-15)20-16(10-25-29-20)28-22(31)12-5-6-18-19(7-12)34-11-33-18/h5-10H,4,11H2,1-3H3,(H,25,29)(H,26,27)(H,28,31). The molecule has 3 N–H and O–H groups in total. The normalized spacial score (nSPS) is 15.7. The van der Waals surface area contributed by atoms with E-state index in [0.717, 1.165) is 22.3 Å². The van der Waals surface area contributed by atoms with Gasteiger partial charge in [0.15, 0.2) is 17.3 Å². The first-order chi connectivity index (χ1) is 16.4. The van der Waals surface area contributed by atoms with Crippen molar-refractivity contribution in [2.75, 3.05) is 23.6 Å². The van der Waals surface area contributed by atoms with Gasteiger partial charge in [0, 0.05) is 12.1 Å². The van der Waals surface area contributed by atoms with Crippen LogP contribution in [-0.2, 0) is 10.2 Å². The van der Waals surface area contributed by atoms with Crippen molar-refractivity contribution in [3.05, 3.63) is 47.7 Å². The highest BCUT2D eigenvalue weighted by atomic mass is 16.7. The third-order valence-electron chi connectivity index (χ3n) is 6.42. The lowest BCUT2D eigenvalue weighted by molar-refractivity contribution is -0.122. The minimum Gasteiger partial charge on any atom is -0.454 e. The molecule has 0 atom stereocenters. The quantitative estimate of drug-likeness (QED) is 0.429. The van der Waals surface area contributed by atoms with Gasteiger partial charge < -0.3 is 24.7 Å². The zero-order chi connectivity index (χ0) is 23.6. The van der Waals surface area contributed by atoms with Crippen LogP contribution in [0.5, 0.6) is 11.5 Å². The molecule has 10 nitrogen and oxygen atoms in total. The molecule has 0 fully saturated rings. The number of likely N-dealkylation sites (N-methyl/N-ethyl adjacent to an activating group) is 1. The average molecular weight is 458 g/mol. The summed E-state index contributed by atoms with van der Waals surface area (Å²) in [7, 11) is 0. The van der Waals surface area contributed by atoms with Crippen molar-refractivity contribution in [1.82, 2.24) is 20.2 Å². The smallest absolute Gasteiger partial charge is 0.255 e. The molecule has 2 aliphatic heterocycles. The maximum atomic E-state index is 12.9. The molecule has 2 amide bonds. The highest BCUT2D eigenvalue weighted by Gasteiger charge is 2.43. The Morgan fingerprint density at radius 2 is 2.03 bits per heavy atom. The molecule has 0 unspecified atom stereocenters. The Kier molecular flexibility index (Phi) is 4.22. The zero-order valence-electron chi connectivity index (χ0n) is 18.9. The first-order valence-electron chi connectivity index (χ1n) is 11.0. The Bertz CT molecular complexity index is 1480. The van der Waals surface area contributed by atoms with E-state index < -0.39 is 5.41 Å².